The molecule has 1 aliphatic rings. The molecule has 0 amide bonds. The normalized spacial score (nSPS) is 18.4. The molecule has 3 rings (SSSR count). The van der Waals surface area contributed by atoms with Gasteiger partial charge in [-0.1, -0.05) is 12.1 Å². The van der Waals surface area contributed by atoms with Gasteiger partial charge in [0.25, 0.3) is 0 Å². The Morgan fingerprint density at radius 2 is 2.14 bits per heavy atom. The first-order valence-corrected chi connectivity index (χ1v) is 7.35. The first kappa shape index (κ1) is 14.3. The summed E-state index contributed by atoms with van der Waals surface area (Å²) in [5.74, 6) is -0.238. The average molecular weight is 314 g/mol. The number of hydrogen-bond donors (Lipinski definition) is 1. The minimum atomic E-state index is -4.69. The van der Waals surface area contributed by atoms with E-state index in [1.165, 1.54) is 29.5 Å². The minimum Gasteiger partial charge on any atom is -0.406 e. The number of benzene rings is 1. The number of aryl methyl sites for hydroxylation is 1. The van der Waals surface area contributed by atoms with Crippen LogP contribution in [0.25, 0.3) is 10.6 Å². The van der Waals surface area contributed by atoms with Crippen LogP contribution in [0, 0.1) is 0 Å². The van der Waals surface area contributed by atoms with Crippen molar-refractivity contribution in [1.82, 2.24) is 4.98 Å². The predicted octanol–water partition coefficient (Wildman–Crippen LogP) is 4.04. The molecule has 0 fully saturated rings. The van der Waals surface area contributed by atoms with Crippen LogP contribution in [-0.2, 0) is 6.42 Å². The fraction of sp³-hybridized carbons (Fsp3) is 0.357. The van der Waals surface area contributed by atoms with Crippen molar-refractivity contribution in [3.63, 3.8) is 0 Å². The van der Waals surface area contributed by atoms with Gasteiger partial charge in [-0.3, -0.25) is 0 Å². The maximum absolute atomic E-state index is 12.3. The molecule has 1 atom stereocenters. The Balaban J connectivity index is 1.92. The number of nitrogens with zero attached hydrogens (tertiary/aromatic N) is 1. The molecule has 112 valence electrons. The maximum atomic E-state index is 12.3. The van der Waals surface area contributed by atoms with Crippen LogP contribution in [0.2, 0.25) is 0 Å². The van der Waals surface area contributed by atoms with E-state index in [-0.39, 0.29) is 11.8 Å². The van der Waals surface area contributed by atoms with E-state index in [1.54, 1.807) is 6.07 Å². The molecule has 0 radical (unpaired) electrons. The van der Waals surface area contributed by atoms with Gasteiger partial charge in [0.2, 0.25) is 0 Å². The second kappa shape index (κ2) is 5.31. The number of fused-ring (bicyclic) bond motifs is 1. The largest absolute Gasteiger partial charge is 0.573 e. The average Bonchev–Trinajstić information content (AvgIpc) is 2.82. The van der Waals surface area contributed by atoms with E-state index >= 15 is 0 Å². The lowest BCUT2D eigenvalue weighted by Crippen LogP contribution is -2.17. The number of halogens is 3. The molecule has 1 aliphatic carbocycles. The minimum absolute atomic E-state index is 0.0189. The van der Waals surface area contributed by atoms with Gasteiger partial charge in [-0.15, -0.1) is 24.5 Å². The van der Waals surface area contributed by atoms with Crippen molar-refractivity contribution in [2.24, 2.45) is 5.73 Å². The van der Waals surface area contributed by atoms with Gasteiger partial charge in [-0.05, 0) is 31.4 Å². The lowest BCUT2D eigenvalue weighted by Gasteiger charge is -2.15. The van der Waals surface area contributed by atoms with Crippen LogP contribution < -0.4 is 10.5 Å². The van der Waals surface area contributed by atoms with Crippen molar-refractivity contribution in [2.45, 2.75) is 31.7 Å². The van der Waals surface area contributed by atoms with Gasteiger partial charge in [0, 0.05) is 16.5 Å². The molecular formula is C14H13F3N2OS. The summed E-state index contributed by atoms with van der Waals surface area (Å²) >= 11 is 1.45. The lowest BCUT2D eigenvalue weighted by atomic mass is 9.99. The second-order valence-corrected chi connectivity index (χ2v) is 5.93. The van der Waals surface area contributed by atoms with Crippen molar-refractivity contribution >= 4 is 11.3 Å². The highest BCUT2D eigenvalue weighted by molar-refractivity contribution is 7.15. The lowest BCUT2D eigenvalue weighted by molar-refractivity contribution is -0.274. The number of alkyl halides is 3. The van der Waals surface area contributed by atoms with Crippen molar-refractivity contribution in [2.75, 3.05) is 0 Å². The number of ether oxygens (including phenoxy) is 1. The zero-order valence-electron chi connectivity index (χ0n) is 11.0. The van der Waals surface area contributed by atoms with Gasteiger partial charge < -0.3 is 10.5 Å². The summed E-state index contributed by atoms with van der Waals surface area (Å²) < 4.78 is 40.7. The topological polar surface area (TPSA) is 48.1 Å². The van der Waals surface area contributed by atoms with Gasteiger partial charge in [-0.25, -0.2) is 4.98 Å². The molecule has 21 heavy (non-hydrogen) atoms. The molecule has 1 aromatic carbocycles. The SMILES string of the molecule is NC1CCCc2nc(-c3cccc(OC(F)(F)F)c3)sc21. The third kappa shape index (κ3) is 3.19. The van der Waals surface area contributed by atoms with Gasteiger partial charge in [0.15, 0.2) is 0 Å². The predicted molar refractivity (Wildman–Crippen MR) is 74.1 cm³/mol. The molecule has 2 aromatic rings. The molecule has 7 heteroatoms. The van der Waals surface area contributed by atoms with Gasteiger partial charge in [0.1, 0.15) is 10.8 Å². The molecule has 0 bridgehead atoms. The zero-order chi connectivity index (χ0) is 15.0. The summed E-state index contributed by atoms with van der Waals surface area (Å²) in [6.07, 6.45) is -1.90. The third-order valence-corrected chi connectivity index (χ3v) is 4.59. The molecule has 2 N–H and O–H groups in total. The number of rotatable bonds is 2. The number of hydrogen-bond acceptors (Lipinski definition) is 4. The highest BCUT2D eigenvalue weighted by atomic mass is 32.1. The molecule has 0 saturated heterocycles. The fourth-order valence-electron chi connectivity index (χ4n) is 2.40. The fourth-order valence-corrected chi connectivity index (χ4v) is 3.55. The molecular weight excluding hydrogens is 301 g/mol. The molecule has 0 aliphatic heterocycles. The Kier molecular flexibility index (Phi) is 3.62. The molecule has 3 nitrogen and oxygen atoms in total. The Hall–Kier alpha value is -1.60. The van der Waals surface area contributed by atoms with Crippen molar-refractivity contribution in [1.29, 1.82) is 0 Å². The number of aromatic nitrogens is 1. The number of thiazole rings is 1. The highest BCUT2D eigenvalue weighted by Crippen LogP contribution is 2.37. The first-order chi connectivity index (χ1) is 9.92. The summed E-state index contributed by atoms with van der Waals surface area (Å²) in [6, 6.07) is 5.85. The summed E-state index contributed by atoms with van der Waals surface area (Å²) in [7, 11) is 0. The Labute approximate surface area is 123 Å². The molecule has 1 unspecified atom stereocenters. The first-order valence-electron chi connectivity index (χ1n) is 6.54. The van der Waals surface area contributed by atoms with Crippen LogP contribution in [0.5, 0.6) is 5.75 Å². The summed E-state index contributed by atoms with van der Waals surface area (Å²) in [4.78, 5) is 5.55. The molecule has 0 saturated carbocycles. The van der Waals surface area contributed by atoms with Crippen molar-refractivity contribution in [3.8, 4) is 16.3 Å². The van der Waals surface area contributed by atoms with Crippen LogP contribution in [0.1, 0.15) is 29.5 Å². The zero-order valence-corrected chi connectivity index (χ0v) is 11.8. The number of nitrogens with two attached hydrogens (primary N) is 1. The van der Waals surface area contributed by atoms with Gasteiger partial charge in [0.05, 0.1) is 5.69 Å². The van der Waals surface area contributed by atoms with E-state index in [9.17, 15) is 13.2 Å². The van der Waals surface area contributed by atoms with E-state index in [2.05, 4.69) is 9.72 Å². The van der Waals surface area contributed by atoms with Crippen LogP contribution >= 0.6 is 11.3 Å². The van der Waals surface area contributed by atoms with E-state index in [0.717, 1.165) is 29.8 Å². The Bertz CT molecular complexity index is 654. The van der Waals surface area contributed by atoms with Gasteiger partial charge in [-0.2, -0.15) is 0 Å². The van der Waals surface area contributed by atoms with Crippen LogP contribution in [0.4, 0.5) is 13.2 Å². The molecule has 1 aromatic heterocycles. The Morgan fingerprint density at radius 1 is 1.33 bits per heavy atom. The summed E-state index contributed by atoms with van der Waals surface area (Å²) in [6.45, 7) is 0. The third-order valence-electron chi connectivity index (χ3n) is 3.31. The standard InChI is InChI=1S/C14H13F3N2OS/c15-14(16,17)20-9-4-1-3-8(7-9)13-19-11-6-2-5-10(18)12(11)21-13/h1,3-4,7,10H,2,5-6,18H2. The molecule has 1 heterocycles. The van der Waals surface area contributed by atoms with Crippen LogP contribution in [0.15, 0.2) is 24.3 Å². The quantitative estimate of drug-likeness (QED) is 0.910. The van der Waals surface area contributed by atoms with Crippen LogP contribution in [-0.4, -0.2) is 11.3 Å². The summed E-state index contributed by atoms with van der Waals surface area (Å²) in [5.41, 5.74) is 7.63. The van der Waals surface area contributed by atoms with Crippen molar-refractivity contribution < 1.29 is 17.9 Å². The monoisotopic (exact) mass is 314 g/mol. The highest BCUT2D eigenvalue weighted by Gasteiger charge is 2.31. The smallest absolute Gasteiger partial charge is 0.406 e. The molecule has 0 spiro atoms. The van der Waals surface area contributed by atoms with Crippen LogP contribution in [0.3, 0.4) is 0 Å². The maximum Gasteiger partial charge on any atom is 0.573 e. The van der Waals surface area contributed by atoms with Crippen molar-refractivity contribution in [3.05, 3.63) is 34.8 Å². The Morgan fingerprint density at radius 3 is 2.86 bits per heavy atom. The second-order valence-electron chi connectivity index (χ2n) is 4.90. The van der Waals surface area contributed by atoms with E-state index in [0.29, 0.717) is 10.6 Å². The van der Waals surface area contributed by atoms with E-state index < -0.39 is 6.36 Å². The van der Waals surface area contributed by atoms with E-state index in [1.807, 2.05) is 0 Å². The summed E-state index contributed by atoms with van der Waals surface area (Å²) in [5, 5.41) is 0.685. The van der Waals surface area contributed by atoms with E-state index in [4.69, 9.17) is 5.73 Å². The van der Waals surface area contributed by atoms with Gasteiger partial charge >= 0.3 is 6.36 Å².